The molecule has 62 valence electrons. The Morgan fingerprint density at radius 2 is 2.64 bits per heavy atom. The van der Waals surface area contributed by atoms with Crippen molar-refractivity contribution in [3.05, 3.63) is 11.1 Å². The van der Waals surface area contributed by atoms with Gasteiger partial charge in [0, 0.05) is 18.0 Å². The molecule has 0 saturated carbocycles. The van der Waals surface area contributed by atoms with E-state index in [1.165, 1.54) is 18.9 Å². The normalized spacial score (nSPS) is 23.5. The second kappa shape index (κ2) is 3.67. The predicted molar refractivity (Wildman–Crippen MR) is 45.2 cm³/mol. The largest absolute Gasteiger partial charge is 0.465 e. The average Bonchev–Trinajstić information content (AvgIpc) is 2.05. The van der Waals surface area contributed by atoms with E-state index in [0.29, 0.717) is 10.9 Å². The van der Waals surface area contributed by atoms with Gasteiger partial charge in [-0.05, 0) is 6.92 Å². The van der Waals surface area contributed by atoms with E-state index in [1.807, 2.05) is 0 Å². The quantitative estimate of drug-likeness (QED) is 0.593. The number of ether oxygens (including phenoxy) is 1. The van der Waals surface area contributed by atoms with E-state index >= 15 is 0 Å². The molecule has 3 nitrogen and oxygen atoms in total. The topological polar surface area (TPSA) is 38.3 Å². The Labute approximate surface area is 70.2 Å². The standard InChI is InChI=1S/C7H11NO2S/c1-5-4-11-6(3-8-5)7(9)10-2/h3,5,8H,4H2,1-2H3. The number of rotatable bonds is 1. The van der Waals surface area contributed by atoms with Gasteiger partial charge in [-0.2, -0.15) is 0 Å². The molecule has 0 fully saturated rings. The van der Waals surface area contributed by atoms with Gasteiger partial charge in [0.2, 0.25) is 0 Å². The van der Waals surface area contributed by atoms with E-state index in [4.69, 9.17) is 0 Å². The zero-order valence-electron chi connectivity index (χ0n) is 6.59. The molecule has 0 aromatic heterocycles. The average molecular weight is 173 g/mol. The molecular weight excluding hydrogens is 162 g/mol. The van der Waals surface area contributed by atoms with Crippen molar-refractivity contribution in [2.24, 2.45) is 0 Å². The van der Waals surface area contributed by atoms with Gasteiger partial charge in [0.1, 0.15) is 4.91 Å². The van der Waals surface area contributed by atoms with Crippen LogP contribution in [0.1, 0.15) is 6.92 Å². The Bertz CT molecular complexity index is 191. The summed E-state index contributed by atoms with van der Waals surface area (Å²) in [7, 11) is 1.39. The first-order valence-corrected chi connectivity index (χ1v) is 4.40. The highest BCUT2D eigenvalue weighted by atomic mass is 32.2. The second-order valence-electron chi connectivity index (χ2n) is 2.38. The fraction of sp³-hybridized carbons (Fsp3) is 0.571. The smallest absolute Gasteiger partial charge is 0.345 e. The molecule has 0 aromatic rings. The molecule has 1 aliphatic rings. The highest BCUT2D eigenvalue weighted by Gasteiger charge is 2.15. The highest BCUT2D eigenvalue weighted by Crippen LogP contribution is 2.20. The molecule has 1 aliphatic heterocycles. The maximum absolute atomic E-state index is 10.9. The number of esters is 1. The van der Waals surface area contributed by atoms with E-state index in [0.717, 1.165) is 5.75 Å². The number of carbonyl (C=O) groups excluding carboxylic acids is 1. The van der Waals surface area contributed by atoms with E-state index in [1.54, 1.807) is 6.20 Å². The summed E-state index contributed by atoms with van der Waals surface area (Å²) in [6.45, 7) is 2.07. The lowest BCUT2D eigenvalue weighted by Gasteiger charge is -2.18. The first kappa shape index (κ1) is 8.46. The van der Waals surface area contributed by atoms with E-state index < -0.39 is 0 Å². The summed E-state index contributed by atoms with van der Waals surface area (Å²) >= 11 is 1.53. The molecule has 0 radical (unpaired) electrons. The molecule has 1 rings (SSSR count). The molecule has 0 aliphatic carbocycles. The minimum atomic E-state index is -0.255. The summed E-state index contributed by atoms with van der Waals surface area (Å²) in [6, 6.07) is 0.438. The Hall–Kier alpha value is -0.640. The summed E-state index contributed by atoms with van der Waals surface area (Å²) in [5.74, 6) is 0.662. The molecule has 0 bridgehead atoms. The number of methoxy groups -OCH3 is 1. The molecule has 1 unspecified atom stereocenters. The van der Waals surface area contributed by atoms with Gasteiger partial charge in [-0.15, -0.1) is 11.8 Å². The molecule has 11 heavy (non-hydrogen) atoms. The lowest BCUT2D eigenvalue weighted by molar-refractivity contribution is -0.135. The lowest BCUT2D eigenvalue weighted by atomic mass is 10.4. The van der Waals surface area contributed by atoms with Crippen LogP contribution in [-0.4, -0.2) is 24.9 Å². The van der Waals surface area contributed by atoms with Gasteiger partial charge >= 0.3 is 5.97 Å². The third-order valence-electron chi connectivity index (χ3n) is 1.37. The van der Waals surface area contributed by atoms with Crippen molar-refractivity contribution < 1.29 is 9.53 Å². The predicted octanol–water partition coefficient (Wildman–Crippen LogP) is 0.726. The van der Waals surface area contributed by atoms with Crippen molar-refractivity contribution >= 4 is 17.7 Å². The first-order valence-electron chi connectivity index (χ1n) is 3.41. The zero-order chi connectivity index (χ0) is 8.27. The maximum Gasteiger partial charge on any atom is 0.345 e. The van der Waals surface area contributed by atoms with Crippen LogP contribution < -0.4 is 5.32 Å². The van der Waals surface area contributed by atoms with E-state index in [2.05, 4.69) is 17.0 Å². The Morgan fingerprint density at radius 3 is 3.09 bits per heavy atom. The molecule has 0 amide bonds. The number of carbonyl (C=O) groups is 1. The summed E-state index contributed by atoms with van der Waals surface area (Å²) in [5.41, 5.74) is 0. The molecule has 0 spiro atoms. The molecular formula is C7H11NO2S. The Balaban J connectivity index is 2.54. The monoisotopic (exact) mass is 173 g/mol. The van der Waals surface area contributed by atoms with Crippen molar-refractivity contribution in [1.29, 1.82) is 0 Å². The fourth-order valence-corrected chi connectivity index (χ4v) is 1.62. The van der Waals surface area contributed by atoms with Crippen LogP contribution in [-0.2, 0) is 9.53 Å². The van der Waals surface area contributed by atoms with Crippen molar-refractivity contribution in [2.45, 2.75) is 13.0 Å². The zero-order valence-corrected chi connectivity index (χ0v) is 7.40. The van der Waals surface area contributed by atoms with Crippen molar-refractivity contribution in [1.82, 2.24) is 5.32 Å². The van der Waals surface area contributed by atoms with Gasteiger partial charge in [0.25, 0.3) is 0 Å². The third kappa shape index (κ3) is 2.15. The van der Waals surface area contributed by atoms with Gasteiger partial charge in [-0.1, -0.05) is 0 Å². The minimum absolute atomic E-state index is 0.255. The van der Waals surface area contributed by atoms with Gasteiger partial charge in [0.15, 0.2) is 0 Å². The molecule has 4 heteroatoms. The second-order valence-corrected chi connectivity index (χ2v) is 3.44. The van der Waals surface area contributed by atoms with Crippen molar-refractivity contribution in [3.63, 3.8) is 0 Å². The summed E-state index contributed by atoms with van der Waals surface area (Å²) in [5, 5.41) is 3.06. The van der Waals surface area contributed by atoms with Crippen LogP contribution in [0, 0.1) is 0 Å². The van der Waals surface area contributed by atoms with Crippen molar-refractivity contribution in [2.75, 3.05) is 12.9 Å². The van der Waals surface area contributed by atoms with Gasteiger partial charge < -0.3 is 10.1 Å². The van der Waals surface area contributed by atoms with Crippen LogP contribution in [0.4, 0.5) is 0 Å². The molecule has 1 N–H and O–H groups in total. The van der Waals surface area contributed by atoms with Gasteiger partial charge in [0.05, 0.1) is 7.11 Å². The minimum Gasteiger partial charge on any atom is -0.465 e. The highest BCUT2D eigenvalue weighted by molar-refractivity contribution is 8.04. The van der Waals surface area contributed by atoms with E-state index in [9.17, 15) is 4.79 Å². The number of hydrogen-bond donors (Lipinski definition) is 1. The molecule has 1 atom stereocenters. The number of hydrogen-bond acceptors (Lipinski definition) is 4. The summed E-state index contributed by atoms with van der Waals surface area (Å²) in [4.78, 5) is 11.6. The number of thioether (sulfide) groups is 1. The fourth-order valence-electron chi connectivity index (χ4n) is 0.741. The first-order chi connectivity index (χ1) is 5.24. The van der Waals surface area contributed by atoms with E-state index in [-0.39, 0.29) is 5.97 Å². The third-order valence-corrected chi connectivity index (χ3v) is 2.64. The maximum atomic E-state index is 10.9. The Kier molecular flexibility index (Phi) is 2.82. The summed E-state index contributed by atoms with van der Waals surface area (Å²) in [6.07, 6.45) is 1.71. The Morgan fingerprint density at radius 1 is 1.91 bits per heavy atom. The van der Waals surface area contributed by atoms with Gasteiger partial charge in [-0.25, -0.2) is 4.79 Å². The van der Waals surface area contributed by atoms with Crippen LogP contribution >= 0.6 is 11.8 Å². The summed E-state index contributed by atoms with van der Waals surface area (Å²) < 4.78 is 4.56. The van der Waals surface area contributed by atoms with Crippen molar-refractivity contribution in [3.8, 4) is 0 Å². The SMILES string of the molecule is COC(=O)C1=CNC(C)CS1. The molecule has 0 aromatic carbocycles. The molecule has 0 saturated heterocycles. The lowest BCUT2D eigenvalue weighted by Crippen LogP contribution is -2.28. The van der Waals surface area contributed by atoms with Crippen LogP contribution in [0.5, 0.6) is 0 Å². The van der Waals surface area contributed by atoms with Gasteiger partial charge in [-0.3, -0.25) is 0 Å². The van der Waals surface area contributed by atoms with Crippen LogP contribution in [0.3, 0.4) is 0 Å². The molecule has 1 heterocycles. The number of nitrogens with one attached hydrogen (secondary N) is 1. The van der Waals surface area contributed by atoms with Crippen LogP contribution in [0.2, 0.25) is 0 Å². The van der Waals surface area contributed by atoms with Crippen LogP contribution in [0.25, 0.3) is 0 Å². The van der Waals surface area contributed by atoms with Crippen LogP contribution in [0.15, 0.2) is 11.1 Å².